The molecule has 1 fully saturated rings. The van der Waals surface area contributed by atoms with E-state index in [9.17, 15) is 14.7 Å². The number of likely N-dealkylation sites (tertiary alicyclic amines) is 1. The number of carbonyl (C=O) groups excluding carboxylic acids is 1. The van der Waals surface area contributed by atoms with Crippen molar-refractivity contribution in [1.29, 1.82) is 0 Å². The molecular formula is C27H26N6O3S. The van der Waals surface area contributed by atoms with Crippen LogP contribution in [0.4, 0.5) is 5.82 Å². The molecule has 0 aliphatic carbocycles. The molecular weight excluding hydrogens is 488 g/mol. The summed E-state index contributed by atoms with van der Waals surface area (Å²) >= 11 is 1.13. The number of nitrogens with one attached hydrogen (secondary N) is 1. The highest BCUT2D eigenvalue weighted by atomic mass is 32.1. The number of fused-ring (bicyclic) bond motifs is 2. The molecule has 37 heavy (non-hydrogen) atoms. The number of benzene rings is 2. The number of hydrogen-bond donors (Lipinski definition) is 3. The van der Waals surface area contributed by atoms with E-state index in [1.165, 1.54) is 4.57 Å². The zero-order valence-corrected chi connectivity index (χ0v) is 21.2. The highest BCUT2D eigenvalue weighted by Gasteiger charge is 2.30. The predicted octanol–water partition coefficient (Wildman–Crippen LogP) is 3.07. The Morgan fingerprint density at radius 2 is 1.92 bits per heavy atom. The molecule has 6 rings (SSSR count). The fraction of sp³-hybridized carbons (Fsp3) is 0.222. The van der Waals surface area contributed by atoms with E-state index in [2.05, 4.69) is 15.2 Å². The van der Waals surface area contributed by atoms with E-state index in [1.54, 1.807) is 6.92 Å². The number of para-hydroxylation sites is 1. The van der Waals surface area contributed by atoms with Gasteiger partial charge in [-0.2, -0.15) is 0 Å². The van der Waals surface area contributed by atoms with Crippen LogP contribution in [0.1, 0.15) is 28.3 Å². The molecule has 1 unspecified atom stereocenters. The third-order valence-corrected chi connectivity index (χ3v) is 7.85. The summed E-state index contributed by atoms with van der Waals surface area (Å²) in [6.45, 7) is 3.11. The molecule has 0 bridgehead atoms. The van der Waals surface area contributed by atoms with E-state index < -0.39 is 11.7 Å². The van der Waals surface area contributed by atoms with Crippen LogP contribution in [0.2, 0.25) is 0 Å². The normalized spacial score (nSPS) is 15.2. The van der Waals surface area contributed by atoms with E-state index in [4.69, 9.17) is 5.73 Å². The highest BCUT2D eigenvalue weighted by Crippen LogP contribution is 2.36. The lowest BCUT2D eigenvalue weighted by molar-refractivity contribution is 0.0856. The zero-order chi connectivity index (χ0) is 25.8. The summed E-state index contributed by atoms with van der Waals surface area (Å²) in [5.41, 5.74) is 8.79. The van der Waals surface area contributed by atoms with Crippen molar-refractivity contribution in [3.63, 3.8) is 0 Å². The lowest BCUT2D eigenvalue weighted by atomic mass is 10.1. The van der Waals surface area contributed by atoms with Crippen LogP contribution in [0.15, 0.2) is 65.6 Å². The number of nitrogen functional groups attached to an aromatic ring is 1. The Balaban J connectivity index is 1.56. The van der Waals surface area contributed by atoms with Crippen molar-refractivity contribution >= 4 is 44.3 Å². The van der Waals surface area contributed by atoms with Crippen molar-refractivity contribution in [3.05, 3.63) is 81.6 Å². The number of nitrogens with zero attached hydrogens (tertiary/aromatic N) is 4. The first-order chi connectivity index (χ1) is 17.8. The fourth-order valence-electron chi connectivity index (χ4n) is 5.00. The van der Waals surface area contributed by atoms with Gasteiger partial charge in [0.1, 0.15) is 9.71 Å². The van der Waals surface area contributed by atoms with E-state index in [0.717, 1.165) is 41.0 Å². The second kappa shape index (κ2) is 8.84. The van der Waals surface area contributed by atoms with Gasteiger partial charge in [0, 0.05) is 35.9 Å². The van der Waals surface area contributed by atoms with Crippen LogP contribution in [0, 0.1) is 0 Å². The van der Waals surface area contributed by atoms with Crippen LogP contribution in [0.3, 0.4) is 0 Å². The SMILES string of the molecule is CC(O)c1c(C(=O)NC2CN(C)C2)sc2nc(N)c(=O)n(-c3ccc4ccn(-c5ccccc5)c4c3)c12. The Labute approximate surface area is 216 Å². The number of nitrogens with two attached hydrogens (primary N) is 1. The smallest absolute Gasteiger partial charge is 0.298 e. The van der Waals surface area contributed by atoms with Crippen molar-refractivity contribution < 1.29 is 9.90 Å². The molecule has 1 saturated heterocycles. The molecule has 0 radical (unpaired) electrons. The fourth-order valence-corrected chi connectivity index (χ4v) is 6.17. The number of thiophene rings is 1. The number of hydrogen-bond acceptors (Lipinski definition) is 7. The third kappa shape index (κ3) is 3.90. The Bertz CT molecular complexity index is 1710. The molecule has 10 heteroatoms. The largest absolute Gasteiger partial charge is 0.389 e. The lowest BCUT2D eigenvalue weighted by Gasteiger charge is -2.36. The molecule has 1 aliphatic heterocycles. The minimum absolute atomic E-state index is 0.0398. The molecule has 5 aromatic rings. The Hall–Kier alpha value is -3.99. The van der Waals surface area contributed by atoms with Gasteiger partial charge in [-0.25, -0.2) is 4.98 Å². The molecule has 4 heterocycles. The number of likely N-dealkylation sites (N-methyl/N-ethyl adjacent to an activating group) is 1. The van der Waals surface area contributed by atoms with Gasteiger partial charge < -0.3 is 25.6 Å². The molecule has 1 atom stereocenters. The quantitative estimate of drug-likeness (QED) is 0.332. The highest BCUT2D eigenvalue weighted by molar-refractivity contribution is 7.20. The van der Waals surface area contributed by atoms with Gasteiger partial charge in [0.15, 0.2) is 5.82 Å². The molecule has 9 nitrogen and oxygen atoms in total. The van der Waals surface area contributed by atoms with Gasteiger partial charge in [0.25, 0.3) is 11.5 Å². The number of rotatable bonds is 5. The summed E-state index contributed by atoms with van der Waals surface area (Å²) in [6, 6.07) is 17.7. The van der Waals surface area contributed by atoms with Gasteiger partial charge in [-0.15, -0.1) is 11.3 Å². The van der Waals surface area contributed by atoms with Gasteiger partial charge in [0.2, 0.25) is 0 Å². The maximum absolute atomic E-state index is 13.4. The standard InChI is InChI=1S/C27H26N6O3S/c1-15(34)21-22-26(37-23(21)25(35)29-17-13-31(2)14-17)30-24(28)27(36)33(22)19-9-8-16-10-11-32(20(16)12-19)18-6-4-3-5-7-18/h3-12,15,17,34H,13-14H2,1-2H3,(H2,28,30)(H,29,35). The Kier molecular flexibility index (Phi) is 5.59. The molecule has 2 aromatic carbocycles. The molecule has 1 aliphatic rings. The topological polar surface area (TPSA) is 118 Å². The van der Waals surface area contributed by atoms with Gasteiger partial charge in [-0.3, -0.25) is 14.2 Å². The van der Waals surface area contributed by atoms with E-state index in [-0.39, 0.29) is 17.8 Å². The number of carbonyl (C=O) groups is 1. The summed E-state index contributed by atoms with van der Waals surface area (Å²) in [5, 5.41) is 14.8. The minimum atomic E-state index is -1.01. The van der Waals surface area contributed by atoms with Crippen molar-refractivity contribution in [2.45, 2.75) is 19.1 Å². The van der Waals surface area contributed by atoms with E-state index in [1.807, 2.05) is 72.4 Å². The monoisotopic (exact) mass is 514 g/mol. The van der Waals surface area contributed by atoms with Crippen molar-refractivity contribution in [2.24, 2.45) is 0 Å². The van der Waals surface area contributed by atoms with Crippen molar-refractivity contribution in [2.75, 3.05) is 25.9 Å². The number of aliphatic hydroxyl groups is 1. The predicted molar refractivity (Wildman–Crippen MR) is 146 cm³/mol. The first-order valence-corrected chi connectivity index (χ1v) is 12.8. The number of aliphatic hydroxyl groups excluding tert-OH is 1. The second-order valence-corrected chi connectivity index (χ2v) is 10.5. The first kappa shape index (κ1) is 23.4. The van der Waals surface area contributed by atoms with Crippen LogP contribution in [-0.4, -0.2) is 56.2 Å². The third-order valence-electron chi connectivity index (χ3n) is 6.76. The number of amides is 1. The maximum atomic E-state index is 13.4. The van der Waals surface area contributed by atoms with Gasteiger partial charge in [-0.05, 0) is 44.3 Å². The van der Waals surface area contributed by atoms with E-state index >= 15 is 0 Å². The number of aromatic nitrogens is 3. The second-order valence-electron chi connectivity index (χ2n) is 9.47. The first-order valence-electron chi connectivity index (χ1n) is 12.0. The van der Waals surface area contributed by atoms with Crippen molar-refractivity contribution in [1.82, 2.24) is 24.3 Å². The van der Waals surface area contributed by atoms with Crippen LogP contribution < -0.4 is 16.6 Å². The molecule has 0 saturated carbocycles. The van der Waals surface area contributed by atoms with Gasteiger partial charge in [0.05, 0.1) is 28.9 Å². The number of anilines is 1. The van der Waals surface area contributed by atoms with Gasteiger partial charge >= 0.3 is 0 Å². The van der Waals surface area contributed by atoms with E-state index in [0.29, 0.717) is 26.5 Å². The summed E-state index contributed by atoms with van der Waals surface area (Å²) in [7, 11) is 1.99. The average molecular weight is 515 g/mol. The van der Waals surface area contributed by atoms with Crippen LogP contribution in [0.25, 0.3) is 32.6 Å². The Morgan fingerprint density at radius 3 is 2.62 bits per heavy atom. The lowest BCUT2D eigenvalue weighted by Crippen LogP contribution is -2.57. The Morgan fingerprint density at radius 1 is 1.16 bits per heavy atom. The van der Waals surface area contributed by atoms with Crippen LogP contribution in [0.5, 0.6) is 0 Å². The molecule has 188 valence electrons. The molecule has 4 N–H and O–H groups in total. The molecule has 3 aromatic heterocycles. The molecule has 0 spiro atoms. The summed E-state index contributed by atoms with van der Waals surface area (Å²) in [4.78, 5) is 33.8. The summed E-state index contributed by atoms with van der Waals surface area (Å²) < 4.78 is 3.51. The van der Waals surface area contributed by atoms with Crippen molar-refractivity contribution in [3.8, 4) is 11.4 Å². The van der Waals surface area contributed by atoms with Crippen LogP contribution >= 0.6 is 11.3 Å². The summed E-state index contributed by atoms with van der Waals surface area (Å²) in [6.07, 6.45) is 0.974. The maximum Gasteiger partial charge on any atom is 0.298 e. The van der Waals surface area contributed by atoms with Crippen LogP contribution in [-0.2, 0) is 0 Å². The summed E-state index contributed by atoms with van der Waals surface area (Å²) in [5.74, 6) is -0.458. The zero-order valence-electron chi connectivity index (χ0n) is 20.4. The minimum Gasteiger partial charge on any atom is -0.389 e. The molecule has 1 amide bonds. The average Bonchev–Trinajstić information content (AvgIpc) is 3.45. The van der Waals surface area contributed by atoms with Gasteiger partial charge in [-0.1, -0.05) is 24.3 Å².